The number of carbonyl (C=O) groups is 1. The third kappa shape index (κ3) is 4.38. The SMILES string of the molecule is CCSC1CCCC1NC(=O)CC1(N)CCCCC1. The summed E-state index contributed by atoms with van der Waals surface area (Å²) in [6.45, 7) is 2.19. The smallest absolute Gasteiger partial charge is 0.222 e. The Bertz CT molecular complexity index is 303. The Morgan fingerprint density at radius 3 is 2.68 bits per heavy atom. The van der Waals surface area contributed by atoms with Gasteiger partial charge in [-0.25, -0.2) is 0 Å². The summed E-state index contributed by atoms with van der Waals surface area (Å²) in [7, 11) is 0. The molecule has 2 aliphatic rings. The van der Waals surface area contributed by atoms with E-state index in [9.17, 15) is 4.79 Å². The number of carbonyl (C=O) groups excluding carboxylic acids is 1. The highest BCUT2D eigenvalue weighted by Gasteiger charge is 2.33. The van der Waals surface area contributed by atoms with E-state index in [2.05, 4.69) is 12.2 Å². The maximum absolute atomic E-state index is 12.2. The molecule has 2 saturated carbocycles. The number of hydrogen-bond acceptors (Lipinski definition) is 3. The fourth-order valence-corrected chi connectivity index (χ4v) is 4.71. The Morgan fingerprint density at radius 2 is 2.00 bits per heavy atom. The zero-order valence-electron chi connectivity index (χ0n) is 12.1. The first-order valence-corrected chi connectivity index (χ1v) is 8.88. The van der Waals surface area contributed by atoms with Crippen LogP contribution in [-0.4, -0.2) is 28.5 Å². The molecule has 110 valence electrons. The monoisotopic (exact) mass is 284 g/mol. The van der Waals surface area contributed by atoms with Crippen LogP contribution in [0.1, 0.15) is 64.7 Å². The van der Waals surface area contributed by atoms with Gasteiger partial charge in [0.2, 0.25) is 5.91 Å². The standard InChI is InChI=1S/C15H28N2OS/c1-2-19-13-8-6-7-12(13)17-14(18)11-15(16)9-4-3-5-10-15/h12-13H,2-11,16H2,1H3,(H,17,18). The topological polar surface area (TPSA) is 55.1 Å². The first-order chi connectivity index (χ1) is 9.13. The summed E-state index contributed by atoms with van der Waals surface area (Å²) in [4.78, 5) is 12.2. The van der Waals surface area contributed by atoms with Crippen molar-refractivity contribution in [2.45, 2.75) is 81.5 Å². The Morgan fingerprint density at radius 1 is 1.26 bits per heavy atom. The maximum Gasteiger partial charge on any atom is 0.222 e. The molecule has 4 heteroatoms. The molecule has 0 radical (unpaired) electrons. The van der Waals surface area contributed by atoms with Crippen LogP contribution in [0.3, 0.4) is 0 Å². The molecule has 2 rings (SSSR count). The highest BCUT2D eigenvalue weighted by molar-refractivity contribution is 7.99. The van der Waals surface area contributed by atoms with Crippen molar-refractivity contribution < 1.29 is 4.79 Å². The molecule has 2 unspecified atom stereocenters. The molecule has 2 aliphatic carbocycles. The van der Waals surface area contributed by atoms with E-state index in [4.69, 9.17) is 5.73 Å². The molecular weight excluding hydrogens is 256 g/mol. The predicted molar refractivity (Wildman–Crippen MR) is 82.3 cm³/mol. The highest BCUT2D eigenvalue weighted by atomic mass is 32.2. The van der Waals surface area contributed by atoms with Gasteiger partial charge in [0.1, 0.15) is 0 Å². The molecule has 0 bridgehead atoms. The number of nitrogens with one attached hydrogen (secondary N) is 1. The summed E-state index contributed by atoms with van der Waals surface area (Å²) in [5.74, 6) is 1.32. The molecule has 2 atom stereocenters. The van der Waals surface area contributed by atoms with Crippen molar-refractivity contribution in [3.05, 3.63) is 0 Å². The van der Waals surface area contributed by atoms with Crippen LogP contribution in [-0.2, 0) is 4.79 Å². The van der Waals surface area contributed by atoms with Gasteiger partial charge in [-0.2, -0.15) is 11.8 Å². The van der Waals surface area contributed by atoms with Gasteiger partial charge in [0, 0.05) is 23.3 Å². The van der Waals surface area contributed by atoms with E-state index in [1.165, 1.54) is 32.1 Å². The van der Waals surface area contributed by atoms with Gasteiger partial charge in [-0.05, 0) is 31.4 Å². The van der Waals surface area contributed by atoms with Crippen LogP contribution < -0.4 is 11.1 Å². The Labute approximate surface area is 121 Å². The molecule has 19 heavy (non-hydrogen) atoms. The Hall–Kier alpha value is -0.220. The molecule has 0 aromatic heterocycles. The number of amides is 1. The molecule has 2 fully saturated rings. The second-order valence-electron chi connectivity index (χ2n) is 6.20. The van der Waals surface area contributed by atoms with E-state index in [0.717, 1.165) is 25.0 Å². The molecule has 0 heterocycles. The fourth-order valence-electron chi connectivity index (χ4n) is 3.51. The Kier molecular flexibility index (Phi) is 5.58. The average molecular weight is 284 g/mol. The van der Waals surface area contributed by atoms with E-state index in [-0.39, 0.29) is 11.4 Å². The van der Waals surface area contributed by atoms with Crippen LogP contribution in [0, 0.1) is 0 Å². The number of nitrogens with two attached hydrogens (primary N) is 1. The summed E-state index contributed by atoms with van der Waals surface area (Å²) in [5.41, 5.74) is 6.13. The molecule has 0 aromatic carbocycles. The first-order valence-electron chi connectivity index (χ1n) is 7.83. The van der Waals surface area contributed by atoms with Gasteiger partial charge in [0.25, 0.3) is 0 Å². The summed E-state index contributed by atoms with van der Waals surface area (Å²) < 4.78 is 0. The maximum atomic E-state index is 12.2. The average Bonchev–Trinajstić information content (AvgIpc) is 2.77. The third-order valence-electron chi connectivity index (χ3n) is 4.54. The zero-order chi connectivity index (χ0) is 13.7. The van der Waals surface area contributed by atoms with E-state index in [1.807, 2.05) is 11.8 Å². The minimum absolute atomic E-state index is 0.179. The van der Waals surface area contributed by atoms with Gasteiger partial charge in [-0.3, -0.25) is 4.79 Å². The second kappa shape index (κ2) is 6.98. The van der Waals surface area contributed by atoms with Crippen molar-refractivity contribution in [2.24, 2.45) is 5.73 Å². The number of hydrogen-bond donors (Lipinski definition) is 2. The lowest BCUT2D eigenvalue weighted by Gasteiger charge is -2.33. The number of rotatable bonds is 5. The van der Waals surface area contributed by atoms with Crippen molar-refractivity contribution >= 4 is 17.7 Å². The first kappa shape index (κ1) is 15.2. The van der Waals surface area contributed by atoms with Crippen LogP contribution in [0.5, 0.6) is 0 Å². The normalized spacial score (nSPS) is 30.2. The minimum Gasteiger partial charge on any atom is -0.352 e. The van der Waals surface area contributed by atoms with Gasteiger partial charge in [-0.15, -0.1) is 0 Å². The summed E-state index contributed by atoms with van der Waals surface area (Å²) in [6, 6.07) is 0.379. The van der Waals surface area contributed by atoms with Gasteiger partial charge >= 0.3 is 0 Å². The summed E-state index contributed by atoms with van der Waals surface area (Å²) >= 11 is 1.99. The van der Waals surface area contributed by atoms with E-state index in [0.29, 0.717) is 17.7 Å². The highest BCUT2D eigenvalue weighted by Crippen LogP contribution is 2.31. The van der Waals surface area contributed by atoms with E-state index in [1.54, 1.807) is 0 Å². The van der Waals surface area contributed by atoms with Crippen LogP contribution in [0.4, 0.5) is 0 Å². The van der Waals surface area contributed by atoms with Crippen LogP contribution in [0.2, 0.25) is 0 Å². The van der Waals surface area contributed by atoms with Crippen molar-refractivity contribution in [3.8, 4) is 0 Å². The molecule has 3 nitrogen and oxygen atoms in total. The zero-order valence-corrected chi connectivity index (χ0v) is 12.9. The van der Waals surface area contributed by atoms with Crippen molar-refractivity contribution in [1.82, 2.24) is 5.32 Å². The van der Waals surface area contributed by atoms with Crippen LogP contribution >= 0.6 is 11.8 Å². The molecule has 0 aliphatic heterocycles. The number of thioether (sulfide) groups is 1. The van der Waals surface area contributed by atoms with E-state index < -0.39 is 0 Å². The van der Waals surface area contributed by atoms with Crippen molar-refractivity contribution in [1.29, 1.82) is 0 Å². The minimum atomic E-state index is -0.228. The summed E-state index contributed by atoms with van der Waals surface area (Å²) in [5, 5.41) is 3.87. The molecule has 3 N–H and O–H groups in total. The van der Waals surface area contributed by atoms with Crippen molar-refractivity contribution in [2.75, 3.05) is 5.75 Å². The van der Waals surface area contributed by atoms with Crippen molar-refractivity contribution in [3.63, 3.8) is 0 Å². The van der Waals surface area contributed by atoms with E-state index >= 15 is 0 Å². The summed E-state index contributed by atoms with van der Waals surface area (Å²) in [6.07, 6.45) is 9.82. The molecule has 0 spiro atoms. The molecule has 0 aromatic rings. The lowest BCUT2D eigenvalue weighted by Crippen LogP contribution is -2.48. The molecular formula is C15H28N2OS. The van der Waals surface area contributed by atoms with Crippen LogP contribution in [0.25, 0.3) is 0 Å². The third-order valence-corrected chi connectivity index (χ3v) is 5.87. The lowest BCUT2D eigenvalue weighted by atomic mass is 9.80. The fraction of sp³-hybridized carbons (Fsp3) is 0.933. The second-order valence-corrected chi connectivity index (χ2v) is 7.71. The molecule has 0 saturated heterocycles. The van der Waals surface area contributed by atoms with Gasteiger partial charge in [0.15, 0.2) is 0 Å². The van der Waals surface area contributed by atoms with Crippen LogP contribution in [0.15, 0.2) is 0 Å². The largest absolute Gasteiger partial charge is 0.352 e. The predicted octanol–water partition coefficient (Wildman–Crippen LogP) is 2.83. The lowest BCUT2D eigenvalue weighted by molar-refractivity contribution is -0.123. The van der Waals surface area contributed by atoms with Gasteiger partial charge in [-0.1, -0.05) is 32.6 Å². The van der Waals surface area contributed by atoms with Gasteiger partial charge < -0.3 is 11.1 Å². The van der Waals surface area contributed by atoms with Gasteiger partial charge in [0.05, 0.1) is 0 Å². The molecule has 1 amide bonds. The Balaban J connectivity index is 1.80. The quantitative estimate of drug-likeness (QED) is 0.816.